The summed E-state index contributed by atoms with van der Waals surface area (Å²) in [7, 11) is 0. The van der Waals surface area contributed by atoms with E-state index >= 15 is 0 Å². The zero-order chi connectivity index (χ0) is 22.9. The van der Waals surface area contributed by atoms with Crippen LogP contribution in [0.4, 0.5) is 0 Å². The van der Waals surface area contributed by atoms with Crippen LogP contribution in [0.25, 0.3) is 0 Å². The topological polar surface area (TPSA) is 39.1 Å². The van der Waals surface area contributed by atoms with Crippen LogP contribution >= 0.6 is 11.8 Å². The van der Waals surface area contributed by atoms with E-state index in [9.17, 15) is 5.26 Å². The normalized spacial score (nSPS) is 32.5. The first kappa shape index (κ1) is 21.9. The summed E-state index contributed by atoms with van der Waals surface area (Å²) in [5.41, 5.74) is 6.98. The average molecular weight is 468 g/mol. The van der Waals surface area contributed by atoms with Gasteiger partial charge in [0.1, 0.15) is 6.04 Å². The molecule has 4 atom stereocenters. The summed E-state index contributed by atoms with van der Waals surface area (Å²) < 4.78 is 0. The number of hydrogen-bond acceptors (Lipinski definition) is 4. The fourth-order valence-electron chi connectivity index (χ4n) is 6.37. The van der Waals surface area contributed by atoms with Gasteiger partial charge in [-0.3, -0.25) is 0 Å². The van der Waals surface area contributed by atoms with Gasteiger partial charge in [-0.2, -0.15) is 5.26 Å². The Bertz CT molecular complexity index is 1140. The van der Waals surface area contributed by atoms with E-state index in [1.165, 1.54) is 49.7 Å². The van der Waals surface area contributed by atoms with Crippen LogP contribution in [-0.2, 0) is 0 Å². The molecular formula is C30H33N3S. The zero-order valence-electron chi connectivity index (χ0n) is 19.7. The third kappa shape index (κ3) is 3.95. The van der Waals surface area contributed by atoms with E-state index in [0.29, 0.717) is 17.2 Å². The van der Waals surface area contributed by atoms with Crippen molar-refractivity contribution in [2.75, 3.05) is 0 Å². The van der Waals surface area contributed by atoms with Crippen LogP contribution in [0.2, 0.25) is 0 Å². The molecule has 6 rings (SSSR count). The highest BCUT2D eigenvalue weighted by Crippen LogP contribution is 2.50. The fraction of sp³-hybridized carbons (Fsp3) is 0.433. The molecule has 0 aromatic rings. The maximum absolute atomic E-state index is 9.66. The molecule has 2 aliphatic heterocycles. The molecule has 0 amide bonds. The molecule has 0 spiro atoms. The molecule has 0 radical (unpaired) electrons. The molecule has 0 bridgehead atoms. The quantitative estimate of drug-likeness (QED) is 0.456. The van der Waals surface area contributed by atoms with Crippen LogP contribution in [0.3, 0.4) is 0 Å². The van der Waals surface area contributed by atoms with Crippen molar-refractivity contribution >= 4 is 11.8 Å². The summed E-state index contributed by atoms with van der Waals surface area (Å²) >= 11 is 2.16. The van der Waals surface area contributed by atoms with Crippen molar-refractivity contribution in [3.8, 4) is 6.07 Å². The van der Waals surface area contributed by atoms with E-state index in [0.717, 1.165) is 24.8 Å². The zero-order valence-corrected chi connectivity index (χ0v) is 20.6. The average Bonchev–Trinajstić information content (AvgIpc) is 2.92. The third-order valence-electron chi connectivity index (χ3n) is 7.97. The Morgan fingerprint density at radius 1 is 1.03 bits per heavy atom. The molecule has 0 saturated heterocycles. The number of thioether (sulfide) groups is 1. The van der Waals surface area contributed by atoms with E-state index in [1.807, 2.05) is 12.3 Å². The van der Waals surface area contributed by atoms with Crippen LogP contribution in [0.1, 0.15) is 57.8 Å². The summed E-state index contributed by atoms with van der Waals surface area (Å²) in [6.45, 7) is 0. The van der Waals surface area contributed by atoms with Gasteiger partial charge in [-0.25, -0.2) is 0 Å². The number of nitrogens with zero attached hydrogens (tertiary/aromatic N) is 2. The second-order valence-electron chi connectivity index (χ2n) is 10.0. The molecule has 4 heteroatoms. The Balaban J connectivity index is 1.41. The Morgan fingerprint density at radius 3 is 2.91 bits per heavy atom. The second-order valence-corrected chi connectivity index (χ2v) is 11.3. The first-order valence-corrected chi connectivity index (χ1v) is 13.9. The van der Waals surface area contributed by atoms with Gasteiger partial charge in [-0.1, -0.05) is 48.6 Å². The molecule has 1 N–H and O–H groups in total. The number of fused-ring (bicyclic) bond motifs is 1. The van der Waals surface area contributed by atoms with Gasteiger partial charge in [0.05, 0.1) is 6.07 Å². The van der Waals surface area contributed by atoms with Crippen LogP contribution in [0.15, 0.2) is 93.9 Å². The molecule has 0 fully saturated rings. The smallest absolute Gasteiger partial charge is 0.140 e. The van der Waals surface area contributed by atoms with Crippen LogP contribution in [0.5, 0.6) is 0 Å². The molecule has 4 unspecified atom stereocenters. The van der Waals surface area contributed by atoms with Gasteiger partial charge in [0, 0.05) is 33.5 Å². The van der Waals surface area contributed by atoms with Gasteiger partial charge in [0.15, 0.2) is 0 Å². The Kier molecular flexibility index (Phi) is 6.14. The highest BCUT2D eigenvalue weighted by atomic mass is 32.2. The van der Waals surface area contributed by atoms with E-state index < -0.39 is 0 Å². The molecule has 2 heterocycles. The molecule has 4 aliphatic carbocycles. The minimum Gasteiger partial charge on any atom is -0.372 e. The molecular weight excluding hydrogens is 434 g/mol. The van der Waals surface area contributed by atoms with Crippen molar-refractivity contribution in [3.05, 3.63) is 93.9 Å². The maximum atomic E-state index is 9.66. The number of rotatable bonds is 3. The number of nitrogens with one attached hydrogen (secondary N) is 1. The lowest BCUT2D eigenvalue weighted by Gasteiger charge is -2.49. The number of allylic oxidation sites excluding steroid dienone is 12. The van der Waals surface area contributed by atoms with Gasteiger partial charge in [-0.05, 0) is 86.8 Å². The lowest BCUT2D eigenvalue weighted by Crippen LogP contribution is -2.46. The van der Waals surface area contributed by atoms with Crippen molar-refractivity contribution in [1.82, 2.24) is 10.2 Å². The van der Waals surface area contributed by atoms with Crippen molar-refractivity contribution in [2.45, 2.75) is 75.1 Å². The van der Waals surface area contributed by atoms with E-state index in [1.54, 1.807) is 16.3 Å². The summed E-state index contributed by atoms with van der Waals surface area (Å²) in [6, 6.07) is 2.72. The first-order valence-electron chi connectivity index (χ1n) is 13.0. The summed E-state index contributed by atoms with van der Waals surface area (Å²) in [4.78, 5) is 4.49. The monoisotopic (exact) mass is 467 g/mol. The molecule has 6 aliphatic rings. The van der Waals surface area contributed by atoms with Crippen molar-refractivity contribution in [3.63, 3.8) is 0 Å². The van der Waals surface area contributed by atoms with E-state index in [2.05, 4.69) is 76.7 Å². The molecule has 174 valence electrons. The number of nitriles is 1. The lowest BCUT2D eigenvalue weighted by atomic mass is 9.81. The summed E-state index contributed by atoms with van der Waals surface area (Å²) in [5.74, 6) is 0.359. The van der Waals surface area contributed by atoms with Crippen molar-refractivity contribution in [1.29, 1.82) is 5.26 Å². The molecule has 0 aromatic heterocycles. The molecule has 34 heavy (non-hydrogen) atoms. The first-order chi connectivity index (χ1) is 16.8. The number of hydrogen-bond donors (Lipinski definition) is 1. The predicted molar refractivity (Wildman–Crippen MR) is 141 cm³/mol. The summed E-state index contributed by atoms with van der Waals surface area (Å²) in [5, 5.41) is 13.4. The van der Waals surface area contributed by atoms with Crippen molar-refractivity contribution in [2.24, 2.45) is 5.92 Å². The maximum Gasteiger partial charge on any atom is 0.140 e. The van der Waals surface area contributed by atoms with Crippen LogP contribution in [0, 0.1) is 17.2 Å². The minimum absolute atomic E-state index is 0.279. The number of dihydropyridines is 1. The highest BCUT2D eigenvalue weighted by Gasteiger charge is 2.39. The standard InChI is InChI=1S/C30H33N3S/c31-20-25-23(12-8-18-32-25)21-9-7-10-22(19-21)24-11-1-2-13-26(24)33-27-14-3-5-16-29(27)34-30-17-6-4-15-28(30)33/h1,5,7-9,11-12,16,18-19,22,25,27,29,32H,2-4,6,10,13-15,17H2. The molecule has 3 nitrogen and oxygen atoms in total. The van der Waals surface area contributed by atoms with Crippen LogP contribution in [-0.4, -0.2) is 22.2 Å². The summed E-state index contributed by atoms with van der Waals surface area (Å²) in [6.07, 6.45) is 33.5. The third-order valence-corrected chi connectivity index (χ3v) is 9.44. The van der Waals surface area contributed by atoms with Crippen molar-refractivity contribution < 1.29 is 0 Å². The second kappa shape index (κ2) is 9.55. The predicted octanol–water partition coefficient (Wildman–Crippen LogP) is 6.95. The Morgan fingerprint density at radius 2 is 1.97 bits per heavy atom. The fourth-order valence-corrected chi connectivity index (χ4v) is 7.90. The van der Waals surface area contributed by atoms with Gasteiger partial charge < -0.3 is 10.2 Å². The Hall–Kier alpha value is -2.64. The largest absolute Gasteiger partial charge is 0.372 e. The van der Waals surface area contributed by atoms with Gasteiger partial charge in [-0.15, -0.1) is 11.8 Å². The van der Waals surface area contributed by atoms with Gasteiger partial charge >= 0.3 is 0 Å². The van der Waals surface area contributed by atoms with Gasteiger partial charge in [0.2, 0.25) is 0 Å². The molecule has 0 aromatic carbocycles. The molecule has 0 saturated carbocycles. The van der Waals surface area contributed by atoms with Crippen LogP contribution < -0.4 is 5.32 Å². The lowest BCUT2D eigenvalue weighted by molar-refractivity contribution is 0.263. The van der Waals surface area contributed by atoms with E-state index in [-0.39, 0.29) is 6.04 Å². The SMILES string of the molecule is N#CC1NC=CC=C1C1=CC(C2=C(N3C4=C(CCCC4)SC4C=CCCC43)CCC=C2)CC=C1. The minimum atomic E-state index is -0.279. The van der Waals surface area contributed by atoms with Gasteiger partial charge in [0.25, 0.3) is 0 Å². The highest BCUT2D eigenvalue weighted by molar-refractivity contribution is 8.03. The van der Waals surface area contributed by atoms with E-state index in [4.69, 9.17) is 0 Å². The Labute approximate surface area is 208 Å².